The minimum absolute atomic E-state index is 0.263. The highest BCUT2D eigenvalue weighted by Crippen LogP contribution is 2.23. The van der Waals surface area contributed by atoms with E-state index in [0.717, 1.165) is 25.2 Å². The first-order valence-corrected chi connectivity index (χ1v) is 8.14. The highest BCUT2D eigenvalue weighted by Gasteiger charge is 2.32. The zero-order valence-corrected chi connectivity index (χ0v) is 14.2. The van der Waals surface area contributed by atoms with Gasteiger partial charge in [-0.1, -0.05) is 0 Å². The van der Waals surface area contributed by atoms with E-state index < -0.39 is 6.17 Å². The average molecular weight is 319 g/mol. The molecular weight excluding hydrogens is 293 g/mol. The van der Waals surface area contributed by atoms with Gasteiger partial charge in [-0.15, -0.1) is 0 Å². The Bertz CT molecular complexity index is 634. The van der Waals surface area contributed by atoms with E-state index in [2.05, 4.69) is 45.0 Å². The Morgan fingerprint density at radius 2 is 2.13 bits per heavy atom. The monoisotopic (exact) mass is 319 g/mol. The van der Waals surface area contributed by atoms with Crippen molar-refractivity contribution in [2.24, 2.45) is 14.1 Å². The number of aromatic nitrogens is 3. The molecule has 0 radical (unpaired) electrons. The van der Waals surface area contributed by atoms with E-state index in [0.29, 0.717) is 13.0 Å². The zero-order valence-electron chi connectivity index (χ0n) is 14.2. The van der Waals surface area contributed by atoms with Crippen molar-refractivity contribution in [3.05, 3.63) is 42.0 Å². The van der Waals surface area contributed by atoms with Crippen LogP contribution in [0.4, 0.5) is 4.39 Å². The Kier molecular flexibility index (Phi) is 4.82. The summed E-state index contributed by atoms with van der Waals surface area (Å²) in [6.07, 6.45) is 7.98. The van der Waals surface area contributed by atoms with Gasteiger partial charge in [-0.3, -0.25) is 9.58 Å². The maximum Gasteiger partial charge on any atom is 0.114 e. The largest absolute Gasteiger partial charge is 0.357 e. The molecule has 5 nitrogen and oxygen atoms in total. The minimum atomic E-state index is -0.721. The molecule has 1 aliphatic heterocycles. The fourth-order valence-electron chi connectivity index (χ4n) is 3.48. The third kappa shape index (κ3) is 4.20. The molecule has 23 heavy (non-hydrogen) atoms. The van der Waals surface area contributed by atoms with Crippen LogP contribution in [0, 0.1) is 0 Å². The second-order valence-electron chi connectivity index (χ2n) is 6.82. The number of halogens is 1. The molecule has 126 valence electrons. The van der Waals surface area contributed by atoms with Crippen molar-refractivity contribution in [2.45, 2.75) is 31.7 Å². The predicted octanol–water partition coefficient (Wildman–Crippen LogP) is 1.80. The van der Waals surface area contributed by atoms with Crippen molar-refractivity contribution >= 4 is 0 Å². The molecule has 0 bridgehead atoms. The predicted molar refractivity (Wildman–Crippen MR) is 88.7 cm³/mol. The molecule has 3 heterocycles. The molecule has 0 aliphatic carbocycles. The maximum absolute atomic E-state index is 13.9. The highest BCUT2D eigenvalue weighted by atomic mass is 19.1. The van der Waals surface area contributed by atoms with E-state index in [1.54, 1.807) is 4.68 Å². The molecular formula is C17H26FN5. The van der Waals surface area contributed by atoms with Crippen molar-refractivity contribution in [3.8, 4) is 0 Å². The summed E-state index contributed by atoms with van der Waals surface area (Å²) in [4.78, 5) is 4.54. The summed E-state index contributed by atoms with van der Waals surface area (Å²) in [5.74, 6) is 0. The van der Waals surface area contributed by atoms with E-state index >= 15 is 0 Å². The van der Waals surface area contributed by atoms with Gasteiger partial charge in [0, 0.05) is 70.5 Å². The van der Waals surface area contributed by atoms with Crippen molar-refractivity contribution in [1.82, 2.24) is 24.1 Å². The Hall–Kier alpha value is -1.66. The normalized spacial score (nSPS) is 22.3. The molecule has 1 aliphatic rings. The second-order valence-corrected chi connectivity index (χ2v) is 6.82. The fourth-order valence-corrected chi connectivity index (χ4v) is 3.48. The number of likely N-dealkylation sites (tertiary alicyclic amines) is 1. The lowest BCUT2D eigenvalue weighted by Gasteiger charge is -2.27. The first-order valence-electron chi connectivity index (χ1n) is 8.14. The second kappa shape index (κ2) is 6.84. The summed E-state index contributed by atoms with van der Waals surface area (Å²) in [6, 6.07) is 2.40. The van der Waals surface area contributed by atoms with Crippen LogP contribution in [-0.2, 0) is 27.2 Å². The lowest BCUT2D eigenvalue weighted by atomic mass is 10.2. The van der Waals surface area contributed by atoms with E-state index in [1.165, 1.54) is 5.56 Å². The third-order valence-corrected chi connectivity index (χ3v) is 4.49. The molecule has 0 aromatic carbocycles. The van der Waals surface area contributed by atoms with Gasteiger partial charge in [-0.25, -0.2) is 4.39 Å². The Morgan fingerprint density at radius 1 is 1.30 bits per heavy atom. The van der Waals surface area contributed by atoms with Crippen LogP contribution in [0.25, 0.3) is 0 Å². The van der Waals surface area contributed by atoms with Crippen molar-refractivity contribution in [2.75, 3.05) is 20.1 Å². The zero-order chi connectivity index (χ0) is 16.4. The summed E-state index contributed by atoms with van der Waals surface area (Å²) >= 11 is 0. The van der Waals surface area contributed by atoms with Crippen LogP contribution in [0.5, 0.6) is 0 Å². The van der Waals surface area contributed by atoms with Crippen molar-refractivity contribution in [3.63, 3.8) is 0 Å². The minimum Gasteiger partial charge on any atom is -0.357 e. The maximum atomic E-state index is 13.9. The summed E-state index contributed by atoms with van der Waals surface area (Å²) in [7, 11) is 6.06. The molecule has 3 rings (SSSR count). The van der Waals surface area contributed by atoms with Gasteiger partial charge in [-0.05, 0) is 25.1 Å². The van der Waals surface area contributed by atoms with Gasteiger partial charge >= 0.3 is 0 Å². The Morgan fingerprint density at radius 3 is 2.78 bits per heavy atom. The summed E-state index contributed by atoms with van der Waals surface area (Å²) in [5, 5.41) is 4.21. The highest BCUT2D eigenvalue weighted by molar-refractivity contribution is 5.10. The van der Waals surface area contributed by atoms with Crippen LogP contribution in [0.2, 0.25) is 0 Å². The molecule has 0 unspecified atom stereocenters. The molecule has 2 aromatic heterocycles. The van der Waals surface area contributed by atoms with Gasteiger partial charge in [0.15, 0.2) is 0 Å². The van der Waals surface area contributed by atoms with E-state index in [9.17, 15) is 4.39 Å². The molecule has 1 saturated heterocycles. The van der Waals surface area contributed by atoms with Gasteiger partial charge < -0.3 is 9.47 Å². The number of likely N-dealkylation sites (N-methyl/N-ethyl adjacent to an activating group) is 1. The van der Waals surface area contributed by atoms with Crippen LogP contribution in [0.15, 0.2) is 30.9 Å². The topological polar surface area (TPSA) is 29.2 Å². The number of nitrogens with zero attached hydrogens (tertiary/aromatic N) is 5. The van der Waals surface area contributed by atoms with Gasteiger partial charge in [-0.2, -0.15) is 5.10 Å². The van der Waals surface area contributed by atoms with Gasteiger partial charge in [0.05, 0.1) is 6.20 Å². The summed E-state index contributed by atoms with van der Waals surface area (Å²) in [5.41, 5.74) is 2.45. The van der Waals surface area contributed by atoms with Crippen LogP contribution in [-0.4, -0.2) is 56.5 Å². The number of alkyl halides is 1. The van der Waals surface area contributed by atoms with Gasteiger partial charge in [0.2, 0.25) is 0 Å². The molecule has 0 amide bonds. The van der Waals surface area contributed by atoms with Crippen LogP contribution in [0.3, 0.4) is 0 Å². The Balaban J connectivity index is 1.58. The molecule has 0 spiro atoms. The summed E-state index contributed by atoms with van der Waals surface area (Å²) < 4.78 is 17.8. The molecule has 2 atom stereocenters. The molecule has 0 saturated carbocycles. The Labute approximate surface area is 137 Å². The van der Waals surface area contributed by atoms with Crippen molar-refractivity contribution in [1.29, 1.82) is 0 Å². The van der Waals surface area contributed by atoms with E-state index in [-0.39, 0.29) is 6.04 Å². The number of aryl methyl sites for hydroxylation is 2. The first kappa shape index (κ1) is 16.2. The first-order chi connectivity index (χ1) is 11.0. The van der Waals surface area contributed by atoms with Gasteiger partial charge in [0.1, 0.15) is 6.17 Å². The van der Waals surface area contributed by atoms with Crippen molar-refractivity contribution < 1.29 is 4.39 Å². The SMILES string of the molecule is CN(Cc1ccn(C)c1)C[C@@H]1C[C@H](F)CN1Cc1cnn(C)c1. The van der Waals surface area contributed by atoms with Crippen LogP contribution in [0.1, 0.15) is 17.5 Å². The van der Waals surface area contributed by atoms with E-state index in [1.807, 2.05) is 26.5 Å². The van der Waals surface area contributed by atoms with Crippen LogP contribution >= 0.6 is 0 Å². The van der Waals surface area contributed by atoms with E-state index in [4.69, 9.17) is 0 Å². The molecule has 0 N–H and O–H groups in total. The number of rotatable bonds is 6. The average Bonchev–Trinajstić information content (AvgIpc) is 3.14. The quantitative estimate of drug-likeness (QED) is 0.813. The van der Waals surface area contributed by atoms with Crippen LogP contribution < -0.4 is 0 Å². The third-order valence-electron chi connectivity index (χ3n) is 4.49. The standard InChI is InChI=1S/C17H26FN5/c1-20-5-4-14(8-20)9-21(2)13-17-6-16(18)12-23(17)11-15-7-19-22(3)10-15/h4-5,7-8,10,16-17H,6,9,11-13H2,1-3H3/t16-,17-/m0/s1. The lowest BCUT2D eigenvalue weighted by Crippen LogP contribution is -2.38. The number of hydrogen-bond donors (Lipinski definition) is 0. The molecule has 1 fully saturated rings. The summed E-state index contributed by atoms with van der Waals surface area (Å²) in [6.45, 7) is 3.08. The lowest BCUT2D eigenvalue weighted by molar-refractivity contribution is 0.180. The molecule has 2 aromatic rings. The smallest absolute Gasteiger partial charge is 0.114 e. The van der Waals surface area contributed by atoms with Gasteiger partial charge in [0.25, 0.3) is 0 Å². The fraction of sp³-hybridized carbons (Fsp3) is 0.588. The molecule has 6 heteroatoms. The number of hydrogen-bond acceptors (Lipinski definition) is 3.